The third-order valence-electron chi connectivity index (χ3n) is 7.03. The van der Waals surface area contributed by atoms with Crippen molar-refractivity contribution in [1.29, 1.82) is 5.26 Å². The maximum absolute atomic E-state index is 15.2. The number of carbonyl (C=O) groups excluding carboxylic acids is 2. The molecule has 1 aliphatic heterocycles. The van der Waals surface area contributed by atoms with Crippen LogP contribution in [0.5, 0.6) is 5.75 Å². The number of nitriles is 1. The van der Waals surface area contributed by atoms with Gasteiger partial charge < -0.3 is 15.8 Å². The number of thioether (sulfide) groups is 1. The summed E-state index contributed by atoms with van der Waals surface area (Å²) in [6.45, 7) is 6.37. The predicted octanol–water partition coefficient (Wildman–Crippen LogP) is 6.40. The summed E-state index contributed by atoms with van der Waals surface area (Å²) in [5.41, 5.74) is 7.66. The van der Waals surface area contributed by atoms with Crippen LogP contribution in [0.15, 0.2) is 69.5 Å². The highest BCUT2D eigenvalue weighted by Gasteiger charge is 2.46. The normalized spacial score (nSPS) is 17.9. The first-order chi connectivity index (χ1) is 20.5. The van der Waals surface area contributed by atoms with Gasteiger partial charge in [0, 0.05) is 34.0 Å². The fraction of sp³-hybridized carbons (Fsp3) is 0.300. The Morgan fingerprint density at radius 3 is 2.70 bits per heavy atom. The van der Waals surface area contributed by atoms with Crippen molar-refractivity contribution in [2.75, 3.05) is 22.6 Å². The van der Waals surface area contributed by atoms with E-state index in [9.17, 15) is 14.9 Å². The smallest absolute Gasteiger partial charge is 0.234 e. The molecule has 2 heterocycles. The van der Waals surface area contributed by atoms with E-state index in [2.05, 4.69) is 21.6 Å². The molecule has 5 rings (SSSR count). The number of hydrogen-bond acceptors (Lipinski definition) is 10. The number of Topliss-reactive ketones (excluding diaryl/α,β-unsaturated/α-hetero) is 1. The summed E-state index contributed by atoms with van der Waals surface area (Å²) in [7, 11) is 0. The number of benzene rings is 2. The number of ketones is 1. The first-order valence-electron chi connectivity index (χ1n) is 13.4. The fourth-order valence-electron chi connectivity index (χ4n) is 5.28. The lowest BCUT2D eigenvalue weighted by molar-refractivity contribution is -0.118. The monoisotopic (exact) mass is 638 g/mol. The molecule has 1 aliphatic carbocycles. The van der Waals surface area contributed by atoms with E-state index in [1.807, 2.05) is 20.8 Å². The number of ether oxygens (including phenoxy) is 1. The summed E-state index contributed by atoms with van der Waals surface area (Å²) < 4.78 is 21.1. The van der Waals surface area contributed by atoms with Gasteiger partial charge in [-0.15, -0.1) is 10.2 Å². The number of allylic oxidation sites excluding steroid dienone is 3. The van der Waals surface area contributed by atoms with Crippen molar-refractivity contribution in [2.45, 2.75) is 43.9 Å². The number of carbonyl (C=O) groups is 2. The molecule has 13 heteroatoms. The molecule has 2 aromatic carbocycles. The standard InChI is InChI=1S/C30H28ClFN6O3S2/c1-4-41-17-10-8-16(9-11-17)35-23(40)15-42-29-37-36-28(43-29)38-21-12-30(2,3)13-22(39)26(21)24(18(14-33)27(38)34)25-19(31)6-5-7-20(25)32/h5-11,24H,4,12-13,15,34H2,1-3H3,(H,35,40). The van der Waals surface area contributed by atoms with Crippen LogP contribution in [0.25, 0.3) is 0 Å². The Kier molecular flexibility index (Phi) is 8.78. The fourth-order valence-corrected chi connectivity index (χ4v) is 7.23. The van der Waals surface area contributed by atoms with E-state index >= 15 is 4.39 Å². The molecule has 2 aliphatic rings. The summed E-state index contributed by atoms with van der Waals surface area (Å²) in [5.74, 6) is -1.32. The molecule has 1 aromatic heterocycles. The van der Waals surface area contributed by atoms with Crippen LogP contribution in [0.3, 0.4) is 0 Å². The van der Waals surface area contributed by atoms with Crippen LogP contribution in [-0.4, -0.2) is 34.2 Å². The first kappa shape index (κ1) is 30.5. The predicted molar refractivity (Wildman–Crippen MR) is 165 cm³/mol. The third kappa shape index (κ3) is 6.25. The lowest BCUT2D eigenvalue weighted by Gasteiger charge is -2.42. The molecule has 0 spiro atoms. The van der Waals surface area contributed by atoms with Gasteiger partial charge in [0.2, 0.25) is 11.0 Å². The van der Waals surface area contributed by atoms with Crippen LogP contribution in [0, 0.1) is 22.6 Å². The maximum Gasteiger partial charge on any atom is 0.234 e. The zero-order valence-electron chi connectivity index (χ0n) is 23.6. The van der Waals surface area contributed by atoms with Gasteiger partial charge in [-0.1, -0.05) is 54.6 Å². The quantitative estimate of drug-likeness (QED) is 0.269. The molecule has 3 aromatic rings. The highest BCUT2D eigenvalue weighted by molar-refractivity contribution is 8.01. The number of nitrogens with zero attached hydrogens (tertiary/aromatic N) is 4. The summed E-state index contributed by atoms with van der Waals surface area (Å²) in [4.78, 5) is 27.8. The molecule has 0 radical (unpaired) electrons. The van der Waals surface area contributed by atoms with E-state index in [0.717, 1.165) is 0 Å². The zero-order chi connectivity index (χ0) is 30.9. The van der Waals surface area contributed by atoms with Gasteiger partial charge in [-0.3, -0.25) is 14.5 Å². The molecule has 0 fully saturated rings. The van der Waals surface area contributed by atoms with Gasteiger partial charge in [0.1, 0.15) is 17.4 Å². The molecule has 1 atom stereocenters. The minimum atomic E-state index is -1.05. The van der Waals surface area contributed by atoms with Gasteiger partial charge in [-0.25, -0.2) is 4.39 Å². The van der Waals surface area contributed by atoms with E-state index in [-0.39, 0.29) is 51.4 Å². The minimum Gasteiger partial charge on any atom is -0.494 e. The van der Waals surface area contributed by atoms with Gasteiger partial charge in [-0.05, 0) is 55.2 Å². The number of halogens is 2. The minimum absolute atomic E-state index is 0.00191. The van der Waals surface area contributed by atoms with E-state index in [0.29, 0.717) is 39.6 Å². The summed E-state index contributed by atoms with van der Waals surface area (Å²) in [5, 5.41) is 22.0. The number of anilines is 2. The second-order valence-electron chi connectivity index (χ2n) is 10.8. The maximum atomic E-state index is 15.2. The summed E-state index contributed by atoms with van der Waals surface area (Å²) in [6, 6.07) is 13.4. The number of rotatable bonds is 8. The van der Waals surface area contributed by atoms with Crippen LogP contribution >= 0.6 is 34.7 Å². The Hall–Kier alpha value is -3.92. The van der Waals surface area contributed by atoms with E-state index in [4.69, 9.17) is 22.1 Å². The van der Waals surface area contributed by atoms with E-state index in [1.54, 1.807) is 29.2 Å². The van der Waals surface area contributed by atoms with Crippen molar-refractivity contribution in [1.82, 2.24) is 10.2 Å². The number of amides is 1. The van der Waals surface area contributed by atoms with E-state index < -0.39 is 17.2 Å². The number of nitrogens with two attached hydrogens (primary N) is 1. The van der Waals surface area contributed by atoms with Crippen LogP contribution in [-0.2, 0) is 9.59 Å². The summed E-state index contributed by atoms with van der Waals surface area (Å²) in [6.07, 6.45) is 0.629. The first-order valence-corrected chi connectivity index (χ1v) is 15.6. The Labute approximate surface area is 261 Å². The van der Waals surface area contributed by atoms with Crippen molar-refractivity contribution in [3.8, 4) is 11.8 Å². The largest absolute Gasteiger partial charge is 0.494 e. The highest BCUT2D eigenvalue weighted by Crippen LogP contribution is 2.52. The molecule has 3 N–H and O–H groups in total. The zero-order valence-corrected chi connectivity index (χ0v) is 26.0. The van der Waals surface area contributed by atoms with Crippen LogP contribution in [0.2, 0.25) is 5.02 Å². The molecule has 0 saturated heterocycles. The number of hydrogen-bond donors (Lipinski definition) is 2. The highest BCUT2D eigenvalue weighted by atomic mass is 35.5. The lowest BCUT2D eigenvalue weighted by Crippen LogP contribution is -2.42. The van der Waals surface area contributed by atoms with Crippen molar-refractivity contribution in [2.24, 2.45) is 11.1 Å². The molecule has 9 nitrogen and oxygen atoms in total. The van der Waals surface area contributed by atoms with E-state index in [1.165, 1.54) is 41.3 Å². The molecular formula is C30H28ClFN6O3S2. The Bertz CT molecular complexity index is 1680. The van der Waals surface area contributed by atoms with Crippen molar-refractivity contribution >= 4 is 57.2 Å². The SMILES string of the molecule is CCOc1ccc(NC(=O)CSc2nnc(N3C(N)=C(C#N)C(c4c(F)cccc4Cl)C4=C3CC(C)(C)CC4=O)s2)cc1. The molecule has 0 bridgehead atoms. The van der Waals surface area contributed by atoms with Crippen molar-refractivity contribution in [3.05, 3.63) is 81.5 Å². The van der Waals surface area contributed by atoms with Crippen LogP contribution in [0.1, 0.15) is 45.1 Å². The molecule has 222 valence electrons. The number of nitrogens with one attached hydrogen (secondary N) is 1. The molecule has 1 amide bonds. The second-order valence-corrected chi connectivity index (χ2v) is 13.3. The van der Waals surface area contributed by atoms with Crippen LogP contribution < -0.4 is 20.7 Å². The molecule has 43 heavy (non-hydrogen) atoms. The summed E-state index contributed by atoms with van der Waals surface area (Å²) >= 11 is 8.80. The van der Waals surface area contributed by atoms with Crippen molar-refractivity contribution < 1.29 is 18.7 Å². The average molecular weight is 639 g/mol. The molecule has 1 unspecified atom stereocenters. The van der Waals surface area contributed by atoms with Gasteiger partial charge >= 0.3 is 0 Å². The topological polar surface area (TPSA) is 134 Å². The van der Waals surface area contributed by atoms with Gasteiger partial charge in [0.15, 0.2) is 10.1 Å². The number of aromatic nitrogens is 2. The Morgan fingerprint density at radius 2 is 2.02 bits per heavy atom. The van der Waals surface area contributed by atoms with Gasteiger partial charge in [-0.2, -0.15) is 5.26 Å². The second kappa shape index (κ2) is 12.4. The molecule has 0 saturated carbocycles. The Balaban J connectivity index is 1.44. The third-order valence-corrected chi connectivity index (χ3v) is 9.40. The van der Waals surface area contributed by atoms with Crippen LogP contribution in [0.4, 0.5) is 15.2 Å². The Morgan fingerprint density at radius 1 is 1.28 bits per heavy atom. The lowest BCUT2D eigenvalue weighted by atomic mass is 9.68. The molecular weight excluding hydrogens is 611 g/mol. The van der Waals surface area contributed by atoms with Crippen molar-refractivity contribution in [3.63, 3.8) is 0 Å². The average Bonchev–Trinajstić information content (AvgIpc) is 3.41. The van der Waals surface area contributed by atoms with Gasteiger partial charge in [0.25, 0.3) is 0 Å². The van der Waals surface area contributed by atoms with Gasteiger partial charge in [0.05, 0.1) is 29.9 Å².